The van der Waals surface area contributed by atoms with Crippen molar-refractivity contribution < 1.29 is 0 Å². The van der Waals surface area contributed by atoms with Gasteiger partial charge >= 0.3 is 0 Å². The molecule has 20 heavy (non-hydrogen) atoms. The van der Waals surface area contributed by atoms with Crippen LogP contribution >= 0.6 is 15.9 Å². The van der Waals surface area contributed by atoms with Gasteiger partial charge in [0.15, 0.2) is 0 Å². The minimum absolute atomic E-state index is 0.660. The molecule has 2 aromatic rings. The molecule has 0 saturated carbocycles. The Bertz CT molecular complexity index is 576. The third-order valence-electron chi connectivity index (χ3n) is 4.24. The Labute approximate surface area is 129 Å². The summed E-state index contributed by atoms with van der Waals surface area (Å²) in [6.07, 6.45) is 2.36. The zero-order valence-corrected chi connectivity index (χ0v) is 13.4. The third kappa shape index (κ3) is 2.76. The van der Waals surface area contributed by atoms with Crippen LogP contribution in [0.4, 0.5) is 5.69 Å². The Balaban J connectivity index is 1.78. The highest BCUT2D eigenvalue weighted by Gasteiger charge is 2.24. The maximum absolute atomic E-state index is 3.51. The van der Waals surface area contributed by atoms with Crippen LogP contribution in [0.15, 0.2) is 53.0 Å². The predicted molar refractivity (Wildman–Crippen MR) is 89.5 cm³/mol. The van der Waals surface area contributed by atoms with Crippen molar-refractivity contribution in [3.8, 4) is 0 Å². The fraction of sp³-hybridized carbons (Fsp3) is 0.333. The minimum Gasteiger partial charge on any atom is -0.371 e. The molecule has 1 fully saturated rings. The van der Waals surface area contributed by atoms with E-state index in [1.54, 1.807) is 0 Å². The minimum atomic E-state index is 0.660. The van der Waals surface area contributed by atoms with Gasteiger partial charge in [0, 0.05) is 29.2 Å². The first-order valence-electron chi connectivity index (χ1n) is 7.36. The van der Waals surface area contributed by atoms with E-state index >= 15 is 0 Å². The Hall–Kier alpha value is -1.28. The molecule has 1 aliphatic rings. The predicted octanol–water partition coefficient (Wildman–Crippen LogP) is 5.01. The summed E-state index contributed by atoms with van der Waals surface area (Å²) in [7, 11) is 0. The molecule has 104 valence electrons. The van der Waals surface area contributed by atoms with E-state index in [1.807, 2.05) is 0 Å². The van der Waals surface area contributed by atoms with Crippen molar-refractivity contribution in [2.24, 2.45) is 0 Å². The van der Waals surface area contributed by atoms with E-state index < -0.39 is 0 Å². The van der Waals surface area contributed by atoms with Crippen LogP contribution in [0.5, 0.6) is 0 Å². The molecule has 0 aromatic heterocycles. The number of para-hydroxylation sites is 1. The van der Waals surface area contributed by atoms with Crippen LogP contribution in [-0.2, 0) is 6.42 Å². The van der Waals surface area contributed by atoms with Gasteiger partial charge in [0.1, 0.15) is 0 Å². The van der Waals surface area contributed by atoms with Crippen LogP contribution in [-0.4, -0.2) is 13.1 Å². The van der Waals surface area contributed by atoms with Gasteiger partial charge in [-0.1, -0.05) is 53.2 Å². The van der Waals surface area contributed by atoms with E-state index in [2.05, 4.69) is 76.3 Å². The van der Waals surface area contributed by atoms with E-state index in [0.29, 0.717) is 5.92 Å². The maximum Gasteiger partial charge on any atom is 0.0398 e. The van der Waals surface area contributed by atoms with Gasteiger partial charge in [-0.05, 0) is 42.2 Å². The van der Waals surface area contributed by atoms with Crippen LogP contribution in [0.3, 0.4) is 0 Å². The zero-order valence-electron chi connectivity index (χ0n) is 11.8. The Morgan fingerprint density at radius 2 is 1.85 bits per heavy atom. The molecule has 1 nitrogen and oxygen atoms in total. The van der Waals surface area contributed by atoms with Crippen molar-refractivity contribution in [2.75, 3.05) is 18.0 Å². The number of hydrogen-bond acceptors (Lipinski definition) is 1. The number of anilines is 1. The van der Waals surface area contributed by atoms with Gasteiger partial charge in [0.2, 0.25) is 0 Å². The van der Waals surface area contributed by atoms with Crippen LogP contribution in [0, 0.1) is 0 Å². The number of halogens is 1. The maximum atomic E-state index is 3.51. The number of rotatable bonds is 3. The Morgan fingerprint density at radius 3 is 2.60 bits per heavy atom. The van der Waals surface area contributed by atoms with Crippen molar-refractivity contribution in [1.82, 2.24) is 0 Å². The van der Waals surface area contributed by atoms with E-state index in [-0.39, 0.29) is 0 Å². The van der Waals surface area contributed by atoms with Gasteiger partial charge in [-0.15, -0.1) is 0 Å². The summed E-state index contributed by atoms with van der Waals surface area (Å²) < 4.78 is 1.16. The highest BCUT2D eigenvalue weighted by molar-refractivity contribution is 9.10. The molecule has 0 aliphatic carbocycles. The first-order chi connectivity index (χ1) is 9.78. The normalized spacial score (nSPS) is 18.5. The number of aryl methyl sites for hydroxylation is 1. The molecule has 0 amide bonds. The third-order valence-corrected chi connectivity index (χ3v) is 4.77. The smallest absolute Gasteiger partial charge is 0.0398 e. The lowest BCUT2D eigenvalue weighted by molar-refractivity contribution is 0.774. The molecule has 0 spiro atoms. The second-order valence-corrected chi connectivity index (χ2v) is 6.38. The highest BCUT2D eigenvalue weighted by Crippen LogP contribution is 2.33. The van der Waals surface area contributed by atoms with Crippen LogP contribution in [0.1, 0.15) is 30.4 Å². The lowest BCUT2D eigenvalue weighted by Crippen LogP contribution is -2.20. The SMILES string of the molecule is CCc1ccccc1N1CCC(c2ccc(Br)cc2)C1. The first-order valence-corrected chi connectivity index (χ1v) is 8.15. The van der Waals surface area contributed by atoms with Crippen molar-refractivity contribution in [1.29, 1.82) is 0 Å². The fourth-order valence-electron chi connectivity index (χ4n) is 3.10. The fourth-order valence-corrected chi connectivity index (χ4v) is 3.37. The molecule has 1 heterocycles. The number of benzene rings is 2. The lowest BCUT2D eigenvalue weighted by Gasteiger charge is -2.22. The van der Waals surface area contributed by atoms with Crippen LogP contribution in [0.2, 0.25) is 0 Å². The van der Waals surface area contributed by atoms with E-state index in [1.165, 1.54) is 23.2 Å². The Morgan fingerprint density at radius 1 is 1.10 bits per heavy atom. The average molecular weight is 330 g/mol. The molecule has 0 radical (unpaired) electrons. The van der Waals surface area contributed by atoms with Gasteiger partial charge < -0.3 is 4.90 Å². The molecule has 2 aromatic carbocycles. The van der Waals surface area contributed by atoms with E-state index in [4.69, 9.17) is 0 Å². The quantitative estimate of drug-likeness (QED) is 0.765. The summed E-state index contributed by atoms with van der Waals surface area (Å²) in [4.78, 5) is 2.55. The first kappa shape index (κ1) is 13.7. The van der Waals surface area contributed by atoms with Crippen molar-refractivity contribution in [3.63, 3.8) is 0 Å². The number of nitrogens with zero attached hydrogens (tertiary/aromatic N) is 1. The molecule has 1 saturated heterocycles. The highest BCUT2D eigenvalue weighted by atomic mass is 79.9. The van der Waals surface area contributed by atoms with Crippen molar-refractivity contribution >= 4 is 21.6 Å². The largest absolute Gasteiger partial charge is 0.371 e. The molecule has 0 N–H and O–H groups in total. The summed E-state index contributed by atoms with van der Waals surface area (Å²) in [6, 6.07) is 17.6. The van der Waals surface area contributed by atoms with Crippen molar-refractivity contribution in [3.05, 3.63) is 64.1 Å². The Kier molecular flexibility index (Phi) is 4.11. The van der Waals surface area contributed by atoms with Crippen molar-refractivity contribution in [2.45, 2.75) is 25.7 Å². The standard InChI is InChI=1S/C18H20BrN/c1-2-14-5-3-4-6-18(14)20-12-11-16(13-20)15-7-9-17(19)10-8-15/h3-10,16H,2,11-13H2,1H3. The molecule has 1 aliphatic heterocycles. The zero-order chi connectivity index (χ0) is 13.9. The molecule has 3 rings (SSSR count). The lowest BCUT2D eigenvalue weighted by atomic mass is 9.99. The van der Waals surface area contributed by atoms with Gasteiger partial charge in [-0.3, -0.25) is 0 Å². The molecule has 0 bridgehead atoms. The molecular weight excluding hydrogens is 310 g/mol. The molecule has 2 heteroatoms. The van der Waals surface area contributed by atoms with Crippen LogP contribution < -0.4 is 4.90 Å². The van der Waals surface area contributed by atoms with Gasteiger partial charge in [0.25, 0.3) is 0 Å². The van der Waals surface area contributed by atoms with Crippen LogP contribution in [0.25, 0.3) is 0 Å². The second-order valence-electron chi connectivity index (χ2n) is 5.47. The summed E-state index contributed by atoms with van der Waals surface area (Å²) in [5.41, 5.74) is 4.35. The summed E-state index contributed by atoms with van der Waals surface area (Å²) in [5, 5.41) is 0. The van der Waals surface area contributed by atoms with E-state index in [0.717, 1.165) is 24.0 Å². The summed E-state index contributed by atoms with van der Waals surface area (Å²) in [6.45, 7) is 4.54. The molecular formula is C18H20BrN. The number of hydrogen-bond donors (Lipinski definition) is 0. The van der Waals surface area contributed by atoms with E-state index in [9.17, 15) is 0 Å². The second kappa shape index (κ2) is 6.01. The summed E-state index contributed by atoms with van der Waals surface area (Å²) >= 11 is 3.51. The monoisotopic (exact) mass is 329 g/mol. The van der Waals surface area contributed by atoms with Gasteiger partial charge in [-0.25, -0.2) is 0 Å². The molecule has 1 unspecified atom stereocenters. The molecule has 1 atom stereocenters. The summed E-state index contributed by atoms with van der Waals surface area (Å²) in [5.74, 6) is 0.660. The van der Waals surface area contributed by atoms with Gasteiger partial charge in [-0.2, -0.15) is 0 Å². The topological polar surface area (TPSA) is 3.24 Å². The van der Waals surface area contributed by atoms with Gasteiger partial charge in [0.05, 0.1) is 0 Å². The average Bonchev–Trinajstić information content (AvgIpc) is 2.97.